The summed E-state index contributed by atoms with van der Waals surface area (Å²) in [7, 11) is 0. The molecule has 17 heavy (non-hydrogen) atoms. The molecule has 1 aromatic carbocycles. The molecule has 1 aliphatic rings. The number of hydrogen-bond acceptors (Lipinski definition) is 3. The molecule has 1 N–H and O–H groups in total. The Hall–Kier alpha value is -1.53. The molecule has 4 nitrogen and oxygen atoms in total. The SMILES string of the molecule is Cc1cc(C(=O)N2C[C@@H](O)CO2)c(F)cc1F. The number of amides is 1. The van der Waals surface area contributed by atoms with Gasteiger partial charge in [0.15, 0.2) is 0 Å². The van der Waals surface area contributed by atoms with Crippen molar-refractivity contribution in [3.8, 4) is 0 Å². The molecule has 0 aliphatic carbocycles. The van der Waals surface area contributed by atoms with Crippen molar-refractivity contribution in [2.75, 3.05) is 13.2 Å². The van der Waals surface area contributed by atoms with Crippen LogP contribution in [0, 0.1) is 18.6 Å². The van der Waals surface area contributed by atoms with Crippen molar-refractivity contribution < 1.29 is 23.5 Å². The third kappa shape index (κ3) is 2.27. The van der Waals surface area contributed by atoms with Gasteiger partial charge in [-0.25, -0.2) is 13.8 Å². The topological polar surface area (TPSA) is 49.8 Å². The van der Waals surface area contributed by atoms with Crippen LogP contribution in [0.3, 0.4) is 0 Å². The van der Waals surface area contributed by atoms with Crippen LogP contribution in [0.1, 0.15) is 15.9 Å². The molecule has 1 heterocycles. The van der Waals surface area contributed by atoms with Crippen molar-refractivity contribution in [3.05, 3.63) is 34.9 Å². The first-order valence-corrected chi connectivity index (χ1v) is 5.07. The highest BCUT2D eigenvalue weighted by Crippen LogP contribution is 2.18. The Morgan fingerprint density at radius 3 is 2.76 bits per heavy atom. The summed E-state index contributed by atoms with van der Waals surface area (Å²) in [5.74, 6) is -2.37. The summed E-state index contributed by atoms with van der Waals surface area (Å²) in [6.07, 6.45) is -0.774. The largest absolute Gasteiger partial charge is 0.389 e. The van der Waals surface area contributed by atoms with Gasteiger partial charge in [0, 0.05) is 6.07 Å². The fourth-order valence-corrected chi connectivity index (χ4v) is 1.57. The number of benzene rings is 1. The highest BCUT2D eigenvalue weighted by atomic mass is 19.1. The fraction of sp³-hybridized carbons (Fsp3) is 0.364. The second-order valence-corrected chi connectivity index (χ2v) is 3.90. The van der Waals surface area contributed by atoms with Gasteiger partial charge < -0.3 is 5.11 Å². The number of hydroxylamine groups is 2. The molecule has 1 fully saturated rings. The Labute approximate surface area is 96.4 Å². The summed E-state index contributed by atoms with van der Waals surface area (Å²) in [6, 6.07) is 1.79. The third-order valence-electron chi connectivity index (χ3n) is 2.50. The Morgan fingerprint density at radius 2 is 2.18 bits per heavy atom. The number of carbonyl (C=O) groups excluding carboxylic acids is 1. The summed E-state index contributed by atoms with van der Waals surface area (Å²) in [5, 5.41) is 10.1. The fourth-order valence-electron chi connectivity index (χ4n) is 1.57. The molecule has 6 heteroatoms. The number of aliphatic hydroxyl groups excluding tert-OH is 1. The molecule has 0 bridgehead atoms. The van der Waals surface area contributed by atoms with Gasteiger partial charge in [0.2, 0.25) is 0 Å². The van der Waals surface area contributed by atoms with Crippen LogP contribution in [0.25, 0.3) is 0 Å². The number of halogens is 2. The lowest BCUT2D eigenvalue weighted by Gasteiger charge is -2.14. The Balaban J connectivity index is 2.28. The van der Waals surface area contributed by atoms with Gasteiger partial charge in [0.05, 0.1) is 12.1 Å². The van der Waals surface area contributed by atoms with Gasteiger partial charge in [-0.15, -0.1) is 0 Å². The highest BCUT2D eigenvalue weighted by Gasteiger charge is 2.29. The monoisotopic (exact) mass is 243 g/mol. The van der Waals surface area contributed by atoms with Crippen molar-refractivity contribution in [3.63, 3.8) is 0 Å². The molecule has 1 aromatic rings. The van der Waals surface area contributed by atoms with Gasteiger partial charge in [-0.3, -0.25) is 9.63 Å². The van der Waals surface area contributed by atoms with Crippen molar-refractivity contribution in [2.24, 2.45) is 0 Å². The van der Waals surface area contributed by atoms with Crippen LogP contribution >= 0.6 is 0 Å². The zero-order valence-corrected chi connectivity index (χ0v) is 9.11. The molecule has 0 spiro atoms. The first kappa shape index (κ1) is 11.9. The van der Waals surface area contributed by atoms with E-state index < -0.39 is 23.6 Å². The minimum Gasteiger partial charge on any atom is -0.389 e. The van der Waals surface area contributed by atoms with Crippen molar-refractivity contribution >= 4 is 5.91 Å². The molecule has 0 unspecified atom stereocenters. The predicted molar refractivity (Wildman–Crippen MR) is 54.1 cm³/mol. The van der Waals surface area contributed by atoms with Crippen LogP contribution in [0.15, 0.2) is 12.1 Å². The van der Waals surface area contributed by atoms with Crippen LogP contribution in [0.4, 0.5) is 8.78 Å². The van der Waals surface area contributed by atoms with E-state index in [9.17, 15) is 18.7 Å². The lowest BCUT2D eigenvalue weighted by Crippen LogP contribution is -2.29. The van der Waals surface area contributed by atoms with Crippen molar-refractivity contribution in [1.29, 1.82) is 0 Å². The average molecular weight is 243 g/mol. The summed E-state index contributed by atoms with van der Waals surface area (Å²) >= 11 is 0. The van der Waals surface area contributed by atoms with Crippen LogP contribution in [0.2, 0.25) is 0 Å². The minimum absolute atomic E-state index is 0.00641. The average Bonchev–Trinajstić information content (AvgIpc) is 2.69. The van der Waals surface area contributed by atoms with Crippen molar-refractivity contribution in [1.82, 2.24) is 5.06 Å². The standard InChI is InChI=1S/C11H11F2NO3/c1-6-2-8(10(13)3-9(6)12)11(16)14-4-7(15)5-17-14/h2-3,7,15H,4-5H2,1H3/t7-/m1/s1. The zero-order valence-electron chi connectivity index (χ0n) is 9.11. The summed E-state index contributed by atoms with van der Waals surface area (Å²) < 4.78 is 26.5. The smallest absolute Gasteiger partial charge is 0.280 e. The maximum absolute atomic E-state index is 13.4. The first-order valence-electron chi connectivity index (χ1n) is 5.07. The van der Waals surface area contributed by atoms with E-state index in [2.05, 4.69) is 0 Å². The molecule has 92 valence electrons. The quantitative estimate of drug-likeness (QED) is 0.801. The number of nitrogens with zero attached hydrogens (tertiary/aromatic N) is 1. The molecule has 2 rings (SSSR count). The van der Waals surface area contributed by atoms with Gasteiger partial charge >= 0.3 is 0 Å². The predicted octanol–water partition coefficient (Wildman–Crippen LogP) is 1.02. The summed E-state index contributed by atoms with van der Waals surface area (Å²) in [6.45, 7) is 1.41. The minimum atomic E-state index is -0.942. The van der Waals surface area contributed by atoms with E-state index in [0.717, 1.165) is 11.1 Å². The lowest BCUT2D eigenvalue weighted by atomic mass is 10.1. The Kier molecular flexibility index (Phi) is 3.08. The van der Waals surface area contributed by atoms with Gasteiger partial charge in [-0.2, -0.15) is 0 Å². The first-order chi connectivity index (χ1) is 7.99. The second-order valence-electron chi connectivity index (χ2n) is 3.90. The van der Waals surface area contributed by atoms with Crippen LogP contribution in [0.5, 0.6) is 0 Å². The molecule has 0 radical (unpaired) electrons. The molecule has 1 saturated heterocycles. The lowest BCUT2D eigenvalue weighted by molar-refractivity contribution is -0.0782. The zero-order chi connectivity index (χ0) is 12.6. The number of aliphatic hydroxyl groups is 1. The van der Waals surface area contributed by atoms with E-state index in [0.29, 0.717) is 6.07 Å². The molecule has 0 aromatic heterocycles. The maximum Gasteiger partial charge on any atom is 0.280 e. The molecular weight excluding hydrogens is 232 g/mol. The molecule has 0 saturated carbocycles. The van der Waals surface area contributed by atoms with E-state index in [-0.39, 0.29) is 24.3 Å². The summed E-state index contributed by atoms with van der Waals surface area (Å²) in [5.41, 5.74) is -0.0903. The van der Waals surface area contributed by atoms with E-state index in [4.69, 9.17) is 4.84 Å². The van der Waals surface area contributed by atoms with Crippen molar-refractivity contribution in [2.45, 2.75) is 13.0 Å². The van der Waals surface area contributed by atoms with Crippen LogP contribution < -0.4 is 0 Å². The van der Waals surface area contributed by atoms with E-state index in [1.165, 1.54) is 6.92 Å². The van der Waals surface area contributed by atoms with E-state index >= 15 is 0 Å². The van der Waals surface area contributed by atoms with Gasteiger partial charge in [-0.05, 0) is 18.6 Å². The van der Waals surface area contributed by atoms with Gasteiger partial charge in [-0.1, -0.05) is 0 Å². The van der Waals surface area contributed by atoms with E-state index in [1.54, 1.807) is 0 Å². The van der Waals surface area contributed by atoms with Crippen LogP contribution in [-0.4, -0.2) is 35.3 Å². The maximum atomic E-state index is 13.4. The molecular formula is C11H11F2NO3. The van der Waals surface area contributed by atoms with E-state index in [1.807, 2.05) is 0 Å². The number of aryl methyl sites for hydroxylation is 1. The third-order valence-corrected chi connectivity index (χ3v) is 2.50. The van der Waals surface area contributed by atoms with Crippen LogP contribution in [-0.2, 0) is 4.84 Å². The number of β-amino-alcohol motifs (C(OH)–C–C–N with tert-alkyl or cyclic N) is 1. The molecule has 1 amide bonds. The normalized spacial score (nSPS) is 19.8. The Morgan fingerprint density at radius 1 is 1.47 bits per heavy atom. The highest BCUT2D eigenvalue weighted by molar-refractivity contribution is 5.94. The second kappa shape index (κ2) is 4.38. The molecule has 1 atom stereocenters. The summed E-state index contributed by atoms with van der Waals surface area (Å²) in [4.78, 5) is 16.7. The number of hydrogen-bond donors (Lipinski definition) is 1. The molecule has 1 aliphatic heterocycles. The van der Waals surface area contributed by atoms with Gasteiger partial charge in [0.1, 0.15) is 24.3 Å². The number of rotatable bonds is 1. The Bertz CT molecular complexity index is 464. The number of carbonyl (C=O) groups is 1. The van der Waals surface area contributed by atoms with Gasteiger partial charge in [0.25, 0.3) is 5.91 Å².